The third-order valence-electron chi connectivity index (χ3n) is 3.01. The minimum Gasteiger partial charge on any atom is -0.481 e. The maximum Gasteiger partial charge on any atom is 0.212 e. The van der Waals surface area contributed by atoms with Crippen LogP contribution in [0.25, 0.3) is 0 Å². The Morgan fingerprint density at radius 2 is 2.16 bits per heavy atom. The molecule has 0 amide bonds. The van der Waals surface area contributed by atoms with Crippen LogP contribution in [0.1, 0.15) is 29.6 Å². The summed E-state index contributed by atoms with van der Waals surface area (Å²) in [5.74, 6) is 1.48. The second kappa shape index (κ2) is 5.93. The van der Waals surface area contributed by atoms with Crippen LogP contribution in [0.5, 0.6) is 5.88 Å². The highest BCUT2D eigenvalue weighted by molar-refractivity contribution is 7.71. The Labute approximate surface area is 117 Å². The Hall–Kier alpha value is -1.75. The third-order valence-corrected chi connectivity index (χ3v) is 3.35. The number of hydrogen-bond acceptors (Lipinski definition) is 4. The van der Waals surface area contributed by atoms with Crippen molar-refractivity contribution < 1.29 is 4.74 Å². The van der Waals surface area contributed by atoms with Crippen LogP contribution in [0.15, 0.2) is 18.3 Å². The van der Waals surface area contributed by atoms with Crippen molar-refractivity contribution in [1.29, 1.82) is 0 Å². The zero-order valence-corrected chi connectivity index (χ0v) is 12.2. The summed E-state index contributed by atoms with van der Waals surface area (Å²) < 4.78 is 5.73. The van der Waals surface area contributed by atoms with E-state index < -0.39 is 0 Å². The molecule has 0 atom stereocenters. The van der Waals surface area contributed by atoms with Crippen molar-refractivity contribution in [2.45, 2.75) is 26.7 Å². The zero-order valence-electron chi connectivity index (χ0n) is 11.4. The Bertz CT molecular complexity index is 620. The molecule has 0 aliphatic rings. The molecule has 0 unspecified atom stereocenters. The van der Waals surface area contributed by atoms with Gasteiger partial charge in [0.15, 0.2) is 0 Å². The van der Waals surface area contributed by atoms with Gasteiger partial charge in [-0.05, 0) is 18.9 Å². The number of nitrogens with one attached hydrogen (secondary N) is 1. The average Bonchev–Trinajstić information content (AvgIpc) is 2.39. The molecule has 0 fully saturated rings. The second-order valence-electron chi connectivity index (χ2n) is 4.33. The van der Waals surface area contributed by atoms with Crippen LogP contribution in [0.2, 0.25) is 0 Å². The van der Waals surface area contributed by atoms with Gasteiger partial charge in [0.1, 0.15) is 10.5 Å². The van der Waals surface area contributed by atoms with E-state index in [1.807, 2.05) is 19.1 Å². The van der Waals surface area contributed by atoms with Crippen molar-refractivity contribution >= 4 is 12.2 Å². The molecule has 0 aromatic carbocycles. The lowest BCUT2D eigenvalue weighted by atomic mass is 10.1. The fraction of sp³-hybridized carbons (Fsp3) is 0.357. The molecule has 1 N–H and O–H groups in total. The molecule has 100 valence electrons. The standard InChI is InChI=1S/C14H17N3OS/c1-4-11-9(2)16-12(17-14(11)19)7-10-5-6-13(18-3)15-8-10/h5-6,8H,4,7H2,1-3H3,(H,16,17,19). The molecule has 2 heterocycles. The van der Waals surface area contributed by atoms with Gasteiger partial charge >= 0.3 is 0 Å². The number of aryl methyl sites for hydroxylation is 1. The molecule has 5 heteroatoms. The molecule has 0 saturated carbocycles. The lowest BCUT2D eigenvalue weighted by molar-refractivity contribution is 0.397. The van der Waals surface area contributed by atoms with E-state index in [2.05, 4.69) is 21.9 Å². The monoisotopic (exact) mass is 275 g/mol. The molecule has 0 bridgehead atoms. The first-order chi connectivity index (χ1) is 9.13. The molecule has 19 heavy (non-hydrogen) atoms. The predicted molar refractivity (Wildman–Crippen MR) is 77.1 cm³/mol. The number of aromatic amines is 1. The Morgan fingerprint density at radius 1 is 1.37 bits per heavy atom. The highest BCUT2D eigenvalue weighted by Gasteiger charge is 2.05. The first kappa shape index (κ1) is 13.7. The molecule has 0 aliphatic carbocycles. The van der Waals surface area contributed by atoms with Gasteiger partial charge in [-0.2, -0.15) is 0 Å². The first-order valence-corrected chi connectivity index (χ1v) is 6.62. The molecule has 2 rings (SSSR count). The minimum atomic E-state index is 0.613. The highest BCUT2D eigenvalue weighted by Crippen LogP contribution is 2.12. The summed E-state index contributed by atoms with van der Waals surface area (Å²) in [6.45, 7) is 4.12. The number of hydrogen-bond donors (Lipinski definition) is 1. The smallest absolute Gasteiger partial charge is 0.212 e. The van der Waals surface area contributed by atoms with Crippen LogP contribution >= 0.6 is 12.2 Å². The normalized spacial score (nSPS) is 10.5. The molecule has 2 aromatic heterocycles. The SMILES string of the molecule is CCc1c(C)[nH]c(Cc2ccc(OC)nc2)nc1=S. The van der Waals surface area contributed by atoms with E-state index in [1.165, 1.54) is 0 Å². The highest BCUT2D eigenvalue weighted by atomic mass is 32.1. The summed E-state index contributed by atoms with van der Waals surface area (Å²) in [6, 6.07) is 3.82. The maximum atomic E-state index is 5.32. The second-order valence-corrected chi connectivity index (χ2v) is 4.72. The van der Waals surface area contributed by atoms with Gasteiger partial charge in [0.2, 0.25) is 5.88 Å². The lowest BCUT2D eigenvalue weighted by Gasteiger charge is -2.07. The summed E-state index contributed by atoms with van der Waals surface area (Å²) >= 11 is 5.32. The summed E-state index contributed by atoms with van der Waals surface area (Å²) in [7, 11) is 1.60. The van der Waals surface area contributed by atoms with Gasteiger partial charge in [0.25, 0.3) is 0 Å². The van der Waals surface area contributed by atoms with E-state index in [9.17, 15) is 0 Å². The summed E-state index contributed by atoms with van der Waals surface area (Å²) in [5, 5.41) is 0. The summed E-state index contributed by atoms with van der Waals surface area (Å²) in [5.41, 5.74) is 3.29. The number of ether oxygens (including phenoxy) is 1. The van der Waals surface area contributed by atoms with Crippen LogP contribution in [-0.4, -0.2) is 22.1 Å². The summed E-state index contributed by atoms with van der Waals surface area (Å²) in [4.78, 5) is 11.9. The number of H-pyrrole nitrogens is 1. The molecule has 0 aliphatic heterocycles. The summed E-state index contributed by atoms with van der Waals surface area (Å²) in [6.07, 6.45) is 3.38. The Balaban J connectivity index is 2.25. The van der Waals surface area contributed by atoms with Gasteiger partial charge in [0.05, 0.1) is 7.11 Å². The molecular weight excluding hydrogens is 258 g/mol. The minimum absolute atomic E-state index is 0.613. The first-order valence-electron chi connectivity index (χ1n) is 6.21. The van der Waals surface area contributed by atoms with Gasteiger partial charge in [-0.25, -0.2) is 9.97 Å². The maximum absolute atomic E-state index is 5.32. The fourth-order valence-electron chi connectivity index (χ4n) is 2.00. The van der Waals surface area contributed by atoms with Crippen molar-refractivity contribution in [2.75, 3.05) is 7.11 Å². The van der Waals surface area contributed by atoms with Crippen molar-refractivity contribution in [1.82, 2.24) is 15.0 Å². The van der Waals surface area contributed by atoms with Crippen LogP contribution in [0, 0.1) is 11.6 Å². The largest absolute Gasteiger partial charge is 0.481 e. The Morgan fingerprint density at radius 3 is 2.68 bits per heavy atom. The molecular formula is C14H17N3OS. The van der Waals surface area contributed by atoms with Gasteiger partial charge < -0.3 is 9.72 Å². The van der Waals surface area contributed by atoms with Gasteiger partial charge in [0, 0.05) is 29.9 Å². The van der Waals surface area contributed by atoms with E-state index in [1.54, 1.807) is 13.3 Å². The Kier molecular flexibility index (Phi) is 4.27. The van der Waals surface area contributed by atoms with Crippen molar-refractivity contribution in [3.05, 3.63) is 45.6 Å². The van der Waals surface area contributed by atoms with E-state index in [0.717, 1.165) is 29.1 Å². The average molecular weight is 275 g/mol. The molecule has 4 nitrogen and oxygen atoms in total. The van der Waals surface area contributed by atoms with E-state index in [4.69, 9.17) is 17.0 Å². The van der Waals surface area contributed by atoms with Crippen LogP contribution in [0.4, 0.5) is 0 Å². The van der Waals surface area contributed by atoms with Gasteiger partial charge in [-0.3, -0.25) is 0 Å². The van der Waals surface area contributed by atoms with Gasteiger partial charge in [-0.1, -0.05) is 25.2 Å². The van der Waals surface area contributed by atoms with Crippen molar-refractivity contribution in [3.8, 4) is 5.88 Å². The zero-order chi connectivity index (χ0) is 13.8. The number of nitrogens with zero attached hydrogens (tertiary/aromatic N) is 2. The number of pyridine rings is 1. The van der Waals surface area contributed by atoms with Crippen molar-refractivity contribution in [3.63, 3.8) is 0 Å². The predicted octanol–water partition coefficient (Wildman–Crippen LogP) is 3.00. The third kappa shape index (κ3) is 3.17. The van der Waals surface area contributed by atoms with E-state index in [-0.39, 0.29) is 0 Å². The number of methoxy groups -OCH3 is 1. The molecule has 2 aromatic rings. The van der Waals surface area contributed by atoms with E-state index in [0.29, 0.717) is 16.9 Å². The lowest BCUT2D eigenvalue weighted by Crippen LogP contribution is -2.03. The quantitative estimate of drug-likeness (QED) is 0.871. The van der Waals surface area contributed by atoms with Crippen molar-refractivity contribution in [2.24, 2.45) is 0 Å². The molecule has 0 radical (unpaired) electrons. The van der Waals surface area contributed by atoms with Gasteiger partial charge in [-0.15, -0.1) is 0 Å². The topological polar surface area (TPSA) is 50.8 Å². The van der Waals surface area contributed by atoms with Crippen LogP contribution in [0.3, 0.4) is 0 Å². The van der Waals surface area contributed by atoms with Crippen LogP contribution in [-0.2, 0) is 12.8 Å². The molecule has 0 saturated heterocycles. The molecule has 0 spiro atoms. The van der Waals surface area contributed by atoms with Crippen LogP contribution < -0.4 is 4.74 Å². The number of aromatic nitrogens is 3. The van der Waals surface area contributed by atoms with E-state index >= 15 is 0 Å². The fourth-order valence-corrected chi connectivity index (χ4v) is 2.41. The number of rotatable bonds is 4.